The molecule has 0 saturated heterocycles. The number of hydrogen-bond donors (Lipinski definition) is 2. The predicted molar refractivity (Wildman–Crippen MR) is 123 cm³/mol. The van der Waals surface area contributed by atoms with Gasteiger partial charge in [-0.25, -0.2) is 8.78 Å². The van der Waals surface area contributed by atoms with E-state index in [2.05, 4.69) is 34.3 Å². The number of rotatable bonds is 5. The summed E-state index contributed by atoms with van der Waals surface area (Å²) in [5.74, 6) is -1.48. The molecule has 6 heteroatoms. The molecular weight excluding hydrogens is 408 g/mol. The number of nitrogens with zero attached hydrogens (tertiary/aromatic N) is 1. The summed E-state index contributed by atoms with van der Waals surface area (Å²) in [6.07, 6.45) is 4.05. The number of amides is 1. The summed E-state index contributed by atoms with van der Waals surface area (Å²) in [5, 5.41) is 3.03. The molecule has 1 saturated carbocycles. The highest BCUT2D eigenvalue weighted by molar-refractivity contribution is 5.98. The molecule has 164 valence electrons. The van der Waals surface area contributed by atoms with Gasteiger partial charge in [0.1, 0.15) is 0 Å². The van der Waals surface area contributed by atoms with Gasteiger partial charge < -0.3 is 15.2 Å². The Kier molecular flexibility index (Phi) is 5.08. The number of aromatic nitrogens is 1. The van der Waals surface area contributed by atoms with Crippen molar-refractivity contribution in [3.8, 4) is 0 Å². The zero-order valence-electron chi connectivity index (χ0n) is 18.1. The second-order valence-corrected chi connectivity index (χ2v) is 8.82. The van der Waals surface area contributed by atoms with E-state index in [9.17, 15) is 13.6 Å². The van der Waals surface area contributed by atoms with Crippen molar-refractivity contribution in [2.75, 3.05) is 16.8 Å². The minimum atomic E-state index is -0.843. The lowest BCUT2D eigenvalue weighted by Crippen LogP contribution is -2.19. The molecule has 0 spiro atoms. The minimum absolute atomic E-state index is 0.0722. The van der Waals surface area contributed by atoms with Gasteiger partial charge in [-0.15, -0.1) is 0 Å². The van der Waals surface area contributed by atoms with Gasteiger partial charge >= 0.3 is 0 Å². The molecule has 1 amide bonds. The first kappa shape index (κ1) is 20.5. The number of H-pyrrole nitrogens is 1. The number of carbonyl (C=O) groups excluding carboxylic acids is 1. The molecule has 2 aromatic carbocycles. The quantitative estimate of drug-likeness (QED) is 0.533. The van der Waals surface area contributed by atoms with Crippen LogP contribution < -0.4 is 10.2 Å². The van der Waals surface area contributed by atoms with Crippen LogP contribution in [-0.2, 0) is 11.3 Å². The summed E-state index contributed by atoms with van der Waals surface area (Å²) in [5.41, 5.74) is 7.93. The van der Waals surface area contributed by atoms with Crippen molar-refractivity contribution in [1.29, 1.82) is 0 Å². The third-order valence-corrected chi connectivity index (χ3v) is 6.13. The molecule has 5 rings (SSSR count). The summed E-state index contributed by atoms with van der Waals surface area (Å²) in [6.45, 7) is 5.18. The van der Waals surface area contributed by atoms with E-state index in [1.54, 1.807) is 6.07 Å². The van der Waals surface area contributed by atoms with Crippen molar-refractivity contribution in [2.45, 2.75) is 33.2 Å². The van der Waals surface area contributed by atoms with Crippen LogP contribution in [-0.4, -0.2) is 17.4 Å². The molecule has 0 radical (unpaired) electrons. The Labute approximate surface area is 186 Å². The summed E-state index contributed by atoms with van der Waals surface area (Å²) >= 11 is 0. The van der Waals surface area contributed by atoms with E-state index in [0.29, 0.717) is 18.7 Å². The Morgan fingerprint density at radius 3 is 2.62 bits per heavy atom. The smallest absolute Gasteiger partial charge is 0.227 e. The summed E-state index contributed by atoms with van der Waals surface area (Å²) in [6, 6.07) is 12.0. The van der Waals surface area contributed by atoms with Crippen molar-refractivity contribution in [3.05, 3.63) is 82.2 Å². The number of nitrogens with one attached hydrogen (secondary N) is 2. The van der Waals surface area contributed by atoms with E-state index in [4.69, 9.17) is 0 Å². The Morgan fingerprint density at radius 2 is 1.94 bits per heavy atom. The number of halogens is 2. The molecule has 2 heterocycles. The van der Waals surface area contributed by atoms with Gasteiger partial charge in [0.2, 0.25) is 5.91 Å². The van der Waals surface area contributed by atoms with Crippen molar-refractivity contribution < 1.29 is 13.6 Å². The SMILES string of the molecule is Cc1cc(C)c(/C=C2\CN(Cc3ccc(F)c(F)c3)c3ccc(NC(=O)C4CC4)cc32)[nH]1. The lowest BCUT2D eigenvalue weighted by Gasteiger charge is -2.19. The van der Waals surface area contributed by atoms with Gasteiger partial charge in [-0.3, -0.25) is 4.79 Å². The van der Waals surface area contributed by atoms with Gasteiger partial charge in [-0.2, -0.15) is 0 Å². The molecular formula is C26H25F2N3O. The number of hydrogen-bond acceptors (Lipinski definition) is 2. The third kappa shape index (κ3) is 4.05. The van der Waals surface area contributed by atoms with Crippen LogP contribution in [0.2, 0.25) is 0 Å². The van der Waals surface area contributed by atoms with Crippen LogP contribution in [0.25, 0.3) is 11.6 Å². The zero-order chi connectivity index (χ0) is 22.4. The normalized spacial score (nSPS) is 16.5. The lowest BCUT2D eigenvalue weighted by molar-refractivity contribution is -0.117. The highest BCUT2D eigenvalue weighted by Crippen LogP contribution is 2.40. The monoisotopic (exact) mass is 433 g/mol. The van der Waals surface area contributed by atoms with E-state index in [-0.39, 0.29) is 11.8 Å². The highest BCUT2D eigenvalue weighted by atomic mass is 19.2. The molecule has 2 N–H and O–H groups in total. The summed E-state index contributed by atoms with van der Waals surface area (Å²) < 4.78 is 27.1. The van der Waals surface area contributed by atoms with E-state index < -0.39 is 11.6 Å². The van der Waals surface area contributed by atoms with E-state index in [1.165, 1.54) is 12.1 Å². The first-order chi connectivity index (χ1) is 15.4. The largest absolute Gasteiger partial charge is 0.362 e. The van der Waals surface area contributed by atoms with Gasteiger partial charge in [0.25, 0.3) is 0 Å². The second-order valence-electron chi connectivity index (χ2n) is 8.82. The van der Waals surface area contributed by atoms with E-state index in [1.807, 2.05) is 25.1 Å². The van der Waals surface area contributed by atoms with E-state index >= 15 is 0 Å². The molecule has 1 aromatic heterocycles. The van der Waals surface area contributed by atoms with Crippen LogP contribution in [0.15, 0.2) is 42.5 Å². The topological polar surface area (TPSA) is 48.1 Å². The van der Waals surface area contributed by atoms with Crippen molar-refractivity contribution in [2.24, 2.45) is 5.92 Å². The maximum absolute atomic E-state index is 13.8. The lowest BCUT2D eigenvalue weighted by atomic mass is 10.0. The minimum Gasteiger partial charge on any atom is -0.362 e. The molecule has 3 aromatic rings. The second kappa shape index (κ2) is 7.93. The van der Waals surface area contributed by atoms with Crippen LogP contribution >= 0.6 is 0 Å². The molecule has 0 unspecified atom stereocenters. The average molecular weight is 434 g/mol. The molecule has 0 bridgehead atoms. The number of benzene rings is 2. The Hall–Kier alpha value is -3.41. The standard InChI is InChI=1S/C26H25F2N3O/c1-15-9-16(2)29-24(15)11-19-14-31(13-17-3-7-22(27)23(28)10-17)25-8-6-20(12-21(19)25)30-26(32)18-4-5-18/h3,6-12,18,29H,4-5,13-14H2,1-2H3,(H,30,32)/b19-11+. The van der Waals surface area contributed by atoms with Crippen molar-refractivity contribution in [1.82, 2.24) is 4.98 Å². The molecule has 4 nitrogen and oxygen atoms in total. The summed E-state index contributed by atoms with van der Waals surface area (Å²) in [4.78, 5) is 17.8. The van der Waals surface area contributed by atoms with Crippen LogP contribution in [0, 0.1) is 31.4 Å². The molecule has 1 aliphatic heterocycles. The van der Waals surface area contributed by atoms with Crippen molar-refractivity contribution in [3.63, 3.8) is 0 Å². The molecule has 1 fully saturated rings. The van der Waals surface area contributed by atoms with Gasteiger partial charge in [-0.05, 0) is 85.9 Å². The maximum atomic E-state index is 13.8. The highest BCUT2D eigenvalue weighted by Gasteiger charge is 2.30. The Bertz CT molecular complexity index is 1240. The Balaban J connectivity index is 1.50. The maximum Gasteiger partial charge on any atom is 0.227 e. The van der Waals surface area contributed by atoms with Gasteiger partial charge in [0, 0.05) is 47.3 Å². The number of anilines is 2. The first-order valence-electron chi connectivity index (χ1n) is 10.9. The number of aryl methyl sites for hydroxylation is 2. The molecule has 1 aliphatic carbocycles. The fraction of sp³-hybridized carbons (Fsp3) is 0.269. The number of fused-ring (bicyclic) bond motifs is 1. The van der Waals surface area contributed by atoms with Gasteiger partial charge in [-0.1, -0.05) is 6.07 Å². The first-order valence-corrected chi connectivity index (χ1v) is 10.9. The molecule has 0 atom stereocenters. The number of aromatic amines is 1. The van der Waals surface area contributed by atoms with Gasteiger partial charge in [0.05, 0.1) is 0 Å². The van der Waals surface area contributed by atoms with Crippen molar-refractivity contribution >= 4 is 28.9 Å². The fourth-order valence-electron chi connectivity index (χ4n) is 4.31. The molecule has 32 heavy (non-hydrogen) atoms. The van der Waals surface area contributed by atoms with Crippen LogP contribution in [0.4, 0.5) is 20.2 Å². The number of carbonyl (C=O) groups is 1. The van der Waals surface area contributed by atoms with Gasteiger partial charge in [0.15, 0.2) is 11.6 Å². The predicted octanol–water partition coefficient (Wildman–Crippen LogP) is 5.82. The average Bonchev–Trinajstić information content (AvgIpc) is 3.49. The van der Waals surface area contributed by atoms with Crippen LogP contribution in [0.1, 0.15) is 40.9 Å². The van der Waals surface area contributed by atoms with Crippen LogP contribution in [0.5, 0.6) is 0 Å². The van der Waals surface area contributed by atoms with E-state index in [0.717, 1.165) is 52.3 Å². The third-order valence-electron chi connectivity index (χ3n) is 6.13. The Morgan fingerprint density at radius 1 is 1.12 bits per heavy atom. The fourth-order valence-corrected chi connectivity index (χ4v) is 4.31. The molecule has 2 aliphatic rings. The summed E-state index contributed by atoms with van der Waals surface area (Å²) in [7, 11) is 0. The zero-order valence-corrected chi connectivity index (χ0v) is 18.1. The van der Waals surface area contributed by atoms with Crippen LogP contribution in [0.3, 0.4) is 0 Å².